The first kappa shape index (κ1) is 16.7. The standard InChI is InChI=1S/C19H17FN4OS/c20-14-6-8-15(9-7-14)24-17-16(18(25)22-19(24)26)11-23(12-21-17)10-13-4-2-1-3-5-13/h1-9,21H,10-12H2,(H,22,25,26). The highest BCUT2D eigenvalue weighted by Gasteiger charge is 2.22. The molecule has 2 aromatic carbocycles. The van der Waals surface area contributed by atoms with E-state index in [2.05, 4.69) is 27.3 Å². The van der Waals surface area contributed by atoms with Gasteiger partial charge < -0.3 is 5.32 Å². The molecule has 2 heterocycles. The summed E-state index contributed by atoms with van der Waals surface area (Å²) >= 11 is 5.33. The zero-order valence-corrected chi connectivity index (χ0v) is 14.7. The van der Waals surface area contributed by atoms with Gasteiger partial charge in [0.2, 0.25) is 0 Å². The number of rotatable bonds is 3. The molecule has 0 saturated carbocycles. The Morgan fingerprint density at radius 1 is 1.08 bits per heavy atom. The fraction of sp³-hybridized carbons (Fsp3) is 0.158. The van der Waals surface area contributed by atoms with Gasteiger partial charge >= 0.3 is 0 Å². The van der Waals surface area contributed by atoms with Crippen molar-refractivity contribution in [2.24, 2.45) is 0 Å². The summed E-state index contributed by atoms with van der Waals surface area (Å²) < 4.78 is 15.3. The number of hydrogen-bond acceptors (Lipinski definition) is 4. The van der Waals surface area contributed by atoms with E-state index in [9.17, 15) is 9.18 Å². The fourth-order valence-corrected chi connectivity index (χ4v) is 3.45. The normalized spacial score (nSPS) is 13.9. The van der Waals surface area contributed by atoms with Gasteiger partial charge in [0, 0.05) is 18.8 Å². The molecule has 4 rings (SSSR count). The lowest BCUT2D eigenvalue weighted by Gasteiger charge is -2.31. The number of nitrogens with one attached hydrogen (secondary N) is 2. The van der Waals surface area contributed by atoms with Crippen LogP contribution in [0.2, 0.25) is 0 Å². The van der Waals surface area contributed by atoms with E-state index < -0.39 is 0 Å². The van der Waals surface area contributed by atoms with Gasteiger partial charge in [-0.05, 0) is 42.0 Å². The summed E-state index contributed by atoms with van der Waals surface area (Å²) in [6.45, 7) is 1.82. The maximum Gasteiger partial charge on any atom is 0.258 e. The van der Waals surface area contributed by atoms with E-state index in [1.807, 2.05) is 18.2 Å². The van der Waals surface area contributed by atoms with Crippen molar-refractivity contribution < 1.29 is 4.39 Å². The van der Waals surface area contributed by atoms with E-state index in [1.165, 1.54) is 17.7 Å². The Labute approximate surface area is 154 Å². The number of halogens is 1. The Balaban J connectivity index is 1.71. The number of hydrogen-bond donors (Lipinski definition) is 2. The third kappa shape index (κ3) is 3.18. The SMILES string of the molecule is O=c1[nH]c(=S)n(-c2ccc(F)cc2)c2c1CN(Cc1ccccc1)CN2. The zero-order valence-electron chi connectivity index (χ0n) is 13.9. The van der Waals surface area contributed by atoms with Gasteiger partial charge in [0.25, 0.3) is 5.56 Å². The molecule has 0 radical (unpaired) electrons. The van der Waals surface area contributed by atoms with Crippen molar-refractivity contribution in [3.05, 3.63) is 86.7 Å². The Kier molecular flexibility index (Phi) is 4.40. The third-order valence-electron chi connectivity index (χ3n) is 4.39. The summed E-state index contributed by atoms with van der Waals surface area (Å²) in [4.78, 5) is 17.3. The Bertz CT molecular complexity index is 1040. The minimum absolute atomic E-state index is 0.200. The van der Waals surface area contributed by atoms with Crippen molar-refractivity contribution in [3.63, 3.8) is 0 Å². The monoisotopic (exact) mass is 368 g/mol. The average molecular weight is 368 g/mol. The van der Waals surface area contributed by atoms with E-state index in [0.29, 0.717) is 30.3 Å². The summed E-state index contributed by atoms with van der Waals surface area (Å²) in [6, 6.07) is 16.1. The molecule has 2 N–H and O–H groups in total. The van der Waals surface area contributed by atoms with Crippen LogP contribution in [0.3, 0.4) is 0 Å². The Morgan fingerprint density at radius 3 is 2.54 bits per heavy atom. The van der Waals surface area contributed by atoms with Crippen molar-refractivity contribution in [3.8, 4) is 5.69 Å². The van der Waals surface area contributed by atoms with Crippen LogP contribution in [0.1, 0.15) is 11.1 Å². The molecule has 3 aromatic rings. The quantitative estimate of drug-likeness (QED) is 0.696. The molecule has 0 spiro atoms. The van der Waals surface area contributed by atoms with E-state index in [-0.39, 0.29) is 16.1 Å². The topological polar surface area (TPSA) is 53.1 Å². The summed E-state index contributed by atoms with van der Waals surface area (Å²) in [6.07, 6.45) is 0. The zero-order chi connectivity index (χ0) is 18.1. The summed E-state index contributed by atoms with van der Waals surface area (Å²) in [5, 5.41) is 3.30. The van der Waals surface area contributed by atoms with Crippen molar-refractivity contribution >= 4 is 18.0 Å². The van der Waals surface area contributed by atoms with Gasteiger partial charge in [-0.25, -0.2) is 4.39 Å². The first-order valence-corrected chi connectivity index (χ1v) is 8.67. The molecule has 0 amide bonds. The molecule has 26 heavy (non-hydrogen) atoms. The van der Waals surface area contributed by atoms with Crippen LogP contribution in [0.15, 0.2) is 59.4 Å². The molecule has 1 aliphatic heterocycles. The van der Waals surface area contributed by atoms with Crippen LogP contribution in [0.25, 0.3) is 5.69 Å². The molecule has 0 saturated heterocycles. The maximum absolute atomic E-state index is 13.2. The van der Waals surface area contributed by atoms with Crippen molar-refractivity contribution in [1.29, 1.82) is 0 Å². The third-order valence-corrected chi connectivity index (χ3v) is 4.68. The average Bonchev–Trinajstić information content (AvgIpc) is 2.64. The van der Waals surface area contributed by atoms with Gasteiger partial charge in [0.15, 0.2) is 4.77 Å². The molecular weight excluding hydrogens is 351 g/mol. The molecular formula is C19H17FN4OS. The highest BCUT2D eigenvalue weighted by molar-refractivity contribution is 7.71. The second kappa shape index (κ2) is 6.86. The van der Waals surface area contributed by atoms with E-state index in [4.69, 9.17) is 12.2 Å². The number of H-pyrrole nitrogens is 1. The van der Waals surface area contributed by atoms with Crippen LogP contribution >= 0.6 is 12.2 Å². The maximum atomic E-state index is 13.2. The predicted molar refractivity (Wildman–Crippen MR) is 101 cm³/mol. The lowest BCUT2D eigenvalue weighted by molar-refractivity contribution is 0.264. The van der Waals surface area contributed by atoms with Crippen LogP contribution in [-0.2, 0) is 13.1 Å². The number of aromatic amines is 1. The van der Waals surface area contributed by atoms with Crippen molar-refractivity contribution in [1.82, 2.24) is 14.5 Å². The first-order chi connectivity index (χ1) is 12.6. The van der Waals surface area contributed by atoms with Crippen LogP contribution in [-0.4, -0.2) is 21.1 Å². The van der Waals surface area contributed by atoms with Gasteiger partial charge in [-0.2, -0.15) is 0 Å². The van der Waals surface area contributed by atoms with Crippen molar-refractivity contribution in [2.75, 3.05) is 12.0 Å². The molecule has 0 atom stereocenters. The Morgan fingerprint density at radius 2 is 1.81 bits per heavy atom. The van der Waals surface area contributed by atoms with Gasteiger partial charge in [-0.15, -0.1) is 0 Å². The molecule has 0 bridgehead atoms. The molecule has 1 aliphatic rings. The molecule has 132 valence electrons. The van der Waals surface area contributed by atoms with E-state index in [1.54, 1.807) is 16.7 Å². The second-order valence-corrected chi connectivity index (χ2v) is 6.59. The molecule has 0 unspecified atom stereocenters. The van der Waals surface area contributed by atoms with E-state index in [0.717, 1.165) is 6.54 Å². The molecule has 5 nitrogen and oxygen atoms in total. The highest BCUT2D eigenvalue weighted by atomic mass is 32.1. The number of benzene rings is 2. The molecule has 0 fully saturated rings. The number of nitrogens with zero attached hydrogens (tertiary/aromatic N) is 2. The van der Waals surface area contributed by atoms with Crippen molar-refractivity contribution in [2.45, 2.75) is 13.1 Å². The predicted octanol–water partition coefficient (Wildman–Crippen LogP) is 3.42. The summed E-state index contributed by atoms with van der Waals surface area (Å²) in [5.41, 5.74) is 2.30. The van der Waals surface area contributed by atoms with Gasteiger partial charge in [0.05, 0.1) is 12.2 Å². The highest BCUT2D eigenvalue weighted by Crippen LogP contribution is 2.24. The number of fused-ring (bicyclic) bond motifs is 1. The summed E-state index contributed by atoms with van der Waals surface area (Å²) in [7, 11) is 0. The minimum atomic E-state index is -0.319. The van der Waals surface area contributed by atoms with Gasteiger partial charge in [-0.1, -0.05) is 30.3 Å². The van der Waals surface area contributed by atoms with Crippen LogP contribution in [0, 0.1) is 10.6 Å². The second-order valence-electron chi connectivity index (χ2n) is 6.21. The number of anilines is 1. The first-order valence-electron chi connectivity index (χ1n) is 8.26. The molecule has 0 aliphatic carbocycles. The van der Waals surface area contributed by atoms with Crippen LogP contribution in [0.4, 0.5) is 10.2 Å². The van der Waals surface area contributed by atoms with E-state index >= 15 is 0 Å². The lowest BCUT2D eigenvalue weighted by atomic mass is 10.1. The largest absolute Gasteiger partial charge is 0.358 e. The fourth-order valence-electron chi connectivity index (χ4n) is 3.16. The Hall–Kier alpha value is -2.77. The van der Waals surface area contributed by atoms with Gasteiger partial charge in [0.1, 0.15) is 11.6 Å². The molecule has 7 heteroatoms. The summed E-state index contributed by atoms with van der Waals surface area (Å²) in [5.74, 6) is 0.343. The molecule has 1 aromatic heterocycles. The smallest absolute Gasteiger partial charge is 0.258 e. The minimum Gasteiger partial charge on any atom is -0.358 e. The van der Waals surface area contributed by atoms with Crippen LogP contribution in [0.5, 0.6) is 0 Å². The lowest BCUT2D eigenvalue weighted by Crippen LogP contribution is -2.38. The number of aromatic nitrogens is 2. The van der Waals surface area contributed by atoms with Crippen LogP contribution < -0.4 is 10.9 Å². The van der Waals surface area contributed by atoms with Gasteiger partial charge in [-0.3, -0.25) is 19.2 Å².